The van der Waals surface area contributed by atoms with E-state index < -0.39 is 0 Å². The quantitative estimate of drug-likeness (QED) is 0.658. The van der Waals surface area contributed by atoms with Crippen LogP contribution in [0.2, 0.25) is 0 Å². The maximum Gasteiger partial charge on any atom is 0.0553 e. The number of hydrogen-bond donors (Lipinski definition) is 0. The Balaban J connectivity index is 2.13. The van der Waals surface area contributed by atoms with Crippen LogP contribution in [0.4, 0.5) is 11.4 Å². The molecule has 0 saturated carbocycles. The normalized spacial score (nSPS) is 12.8. The van der Waals surface area contributed by atoms with E-state index in [2.05, 4.69) is 68.3 Å². The molecule has 0 radical (unpaired) electrons. The second-order valence-corrected chi connectivity index (χ2v) is 7.05. The average Bonchev–Trinajstić information content (AvgIpc) is 2.53. The monoisotopic (exact) mass is 307 g/mol. The third kappa shape index (κ3) is 2.71. The summed E-state index contributed by atoms with van der Waals surface area (Å²) in [5.41, 5.74) is 4.92. The first-order valence-corrected chi connectivity index (χ1v) is 8.42. The molecule has 0 atom stereocenters. The summed E-state index contributed by atoms with van der Waals surface area (Å²) < 4.78 is 0. The van der Waals surface area contributed by atoms with Crippen LogP contribution < -0.4 is 4.90 Å². The van der Waals surface area contributed by atoms with E-state index in [-0.39, 0.29) is 0 Å². The first kappa shape index (κ1) is 15.0. The van der Waals surface area contributed by atoms with Gasteiger partial charge in [-0.2, -0.15) is 0 Å². The Morgan fingerprint density at radius 3 is 1.86 bits per heavy atom. The molecule has 0 spiro atoms. The topological polar surface area (TPSA) is 3.24 Å². The van der Waals surface area contributed by atoms with Gasteiger partial charge in [0.05, 0.1) is 11.4 Å². The van der Waals surface area contributed by atoms with Crippen molar-refractivity contribution in [2.24, 2.45) is 5.92 Å². The minimum atomic E-state index is 0.599. The predicted octanol–water partition coefficient (Wildman–Crippen LogP) is 6.23. The Kier molecular flexibility index (Phi) is 4.12. The standard InChI is InChI=1S/C20H21NS/c1-5-15-7-9-17-19(11-15)22-20-12-16(6-2)8-10-18(20)21(17)13-14(3)4/h5-12,14H,1-2,13H2,3-4H3. The summed E-state index contributed by atoms with van der Waals surface area (Å²) >= 11 is 1.84. The number of benzene rings is 2. The summed E-state index contributed by atoms with van der Waals surface area (Å²) in [6.45, 7) is 13.3. The van der Waals surface area contributed by atoms with E-state index in [1.54, 1.807) is 0 Å². The zero-order valence-electron chi connectivity index (χ0n) is 13.2. The first-order chi connectivity index (χ1) is 10.6. The van der Waals surface area contributed by atoms with Crippen LogP contribution in [0, 0.1) is 5.92 Å². The zero-order chi connectivity index (χ0) is 15.7. The van der Waals surface area contributed by atoms with Crippen LogP contribution in [0.1, 0.15) is 25.0 Å². The maximum atomic E-state index is 3.88. The van der Waals surface area contributed by atoms with Crippen LogP contribution in [0.3, 0.4) is 0 Å². The van der Waals surface area contributed by atoms with E-state index in [1.807, 2.05) is 23.9 Å². The van der Waals surface area contributed by atoms with Gasteiger partial charge in [0.25, 0.3) is 0 Å². The van der Waals surface area contributed by atoms with Gasteiger partial charge in [0, 0.05) is 16.3 Å². The molecule has 1 heterocycles. The summed E-state index contributed by atoms with van der Waals surface area (Å²) in [6, 6.07) is 13.2. The van der Waals surface area contributed by atoms with E-state index in [4.69, 9.17) is 0 Å². The number of rotatable bonds is 4. The van der Waals surface area contributed by atoms with Gasteiger partial charge in [0.15, 0.2) is 0 Å². The third-order valence-corrected chi connectivity index (χ3v) is 4.88. The van der Waals surface area contributed by atoms with Crippen molar-refractivity contribution in [2.45, 2.75) is 23.6 Å². The van der Waals surface area contributed by atoms with Crippen molar-refractivity contribution in [3.05, 3.63) is 60.7 Å². The number of nitrogens with zero attached hydrogens (tertiary/aromatic N) is 1. The van der Waals surface area contributed by atoms with E-state index in [1.165, 1.54) is 32.3 Å². The molecule has 2 aromatic carbocycles. The molecule has 2 aromatic rings. The smallest absolute Gasteiger partial charge is 0.0553 e. The number of fused-ring (bicyclic) bond motifs is 2. The van der Waals surface area contributed by atoms with Gasteiger partial charge < -0.3 is 4.90 Å². The van der Waals surface area contributed by atoms with Crippen molar-refractivity contribution in [3.8, 4) is 0 Å². The Morgan fingerprint density at radius 2 is 1.45 bits per heavy atom. The van der Waals surface area contributed by atoms with E-state index in [0.717, 1.165) is 6.54 Å². The van der Waals surface area contributed by atoms with Gasteiger partial charge in [-0.05, 0) is 41.3 Å². The summed E-state index contributed by atoms with van der Waals surface area (Å²) in [7, 11) is 0. The fourth-order valence-corrected chi connectivity index (χ4v) is 3.93. The van der Waals surface area contributed by atoms with Crippen molar-refractivity contribution in [1.29, 1.82) is 0 Å². The van der Waals surface area contributed by atoms with Crippen molar-refractivity contribution in [3.63, 3.8) is 0 Å². The fourth-order valence-electron chi connectivity index (χ4n) is 2.73. The molecule has 1 aliphatic heterocycles. The van der Waals surface area contributed by atoms with Crippen molar-refractivity contribution in [1.82, 2.24) is 0 Å². The zero-order valence-corrected chi connectivity index (χ0v) is 14.0. The van der Waals surface area contributed by atoms with Gasteiger partial charge in [0.2, 0.25) is 0 Å². The van der Waals surface area contributed by atoms with Crippen molar-refractivity contribution in [2.75, 3.05) is 11.4 Å². The molecule has 3 rings (SSSR count). The fraction of sp³-hybridized carbons (Fsp3) is 0.200. The van der Waals surface area contributed by atoms with Crippen LogP contribution in [0.5, 0.6) is 0 Å². The summed E-state index contributed by atoms with van der Waals surface area (Å²) in [5.74, 6) is 0.599. The molecular formula is C20H21NS. The first-order valence-electron chi connectivity index (χ1n) is 7.60. The van der Waals surface area contributed by atoms with Crippen LogP contribution in [-0.2, 0) is 0 Å². The van der Waals surface area contributed by atoms with Crippen LogP contribution >= 0.6 is 11.8 Å². The van der Waals surface area contributed by atoms with Gasteiger partial charge in [-0.25, -0.2) is 0 Å². The maximum absolute atomic E-state index is 3.88. The highest BCUT2D eigenvalue weighted by molar-refractivity contribution is 7.99. The lowest BCUT2D eigenvalue weighted by Gasteiger charge is -2.34. The molecule has 0 fully saturated rings. The molecule has 0 N–H and O–H groups in total. The minimum absolute atomic E-state index is 0.599. The molecule has 22 heavy (non-hydrogen) atoms. The Labute approximate surface area is 137 Å². The minimum Gasteiger partial charge on any atom is -0.339 e. The molecule has 112 valence electrons. The van der Waals surface area contributed by atoms with Gasteiger partial charge in [0.1, 0.15) is 0 Å². The van der Waals surface area contributed by atoms with Crippen LogP contribution in [0.15, 0.2) is 59.3 Å². The van der Waals surface area contributed by atoms with E-state index >= 15 is 0 Å². The lowest BCUT2D eigenvalue weighted by molar-refractivity contribution is 0.647. The van der Waals surface area contributed by atoms with E-state index in [9.17, 15) is 0 Å². The van der Waals surface area contributed by atoms with Gasteiger partial charge in [-0.1, -0.05) is 63.1 Å². The molecule has 0 aromatic heterocycles. The molecule has 0 amide bonds. The third-order valence-electron chi connectivity index (χ3n) is 3.79. The molecule has 1 aliphatic rings. The van der Waals surface area contributed by atoms with E-state index in [0.29, 0.717) is 5.92 Å². The average molecular weight is 307 g/mol. The molecule has 0 unspecified atom stereocenters. The van der Waals surface area contributed by atoms with Gasteiger partial charge in [-0.15, -0.1) is 0 Å². The Hall–Kier alpha value is -1.93. The lowest BCUT2D eigenvalue weighted by atomic mass is 10.1. The summed E-state index contributed by atoms with van der Waals surface area (Å²) in [6.07, 6.45) is 3.81. The number of hydrogen-bond acceptors (Lipinski definition) is 2. The molecule has 2 heteroatoms. The second kappa shape index (κ2) is 6.05. The molecule has 1 nitrogen and oxygen atoms in total. The lowest BCUT2D eigenvalue weighted by Crippen LogP contribution is -2.25. The van der Waals surface area contributed by atoms with Crippen LogP contribution in [0.25, 0.3) is 12.2 Å². The molecule has 0 aliphatic carbocycles. The highest BCUT2D eigenvalue weighted by Gasteiger charge is 2.24. The Morgan fingerprint density at radius 1 is 0.955 bits per heavy atom. The largest absolute Gasteiger partial charge is 0.339 e. The highest BCUT2D eigenvalue weighted by atomic mass is 32.2. The summed E-state index contributed by atoms with van der Waals surface area (Å²) in [5, 5.41) is 0. The van der Waals surface area contributed by atoms with Crippen molar-refractivity contribution < 1.29 is 0 Å². The second-order valence-electron chi connectivity index (χ2n) is 5.97. The predicted molar refractivity (Wildman–Crippen MR) is 99.0 cm³/mol. The van der Waals surface area contributed by atoms with Crippen LogP contribution in [-0.4, -0.2) is 6.54 Å². The summed E-state index contributed by atoms with van der Waals surface area (Å²) in [4.78, 5) is 5.03. The molecule has 0 bridgehead atoms. The SMILES string of the molecule is C=Cc1ccc2c(c1)Sc1cc(C=C)ccc1N2CC(C)C. The molecule has 0 saturated heterocycles. The van der Waals surface area contributed by atoms with Gasteiger partial charge >= 0.3 is 0 Å². The molecular weight excluding hydrogens is 286 g/mol. The number of anilines is 2. The highest BCUT2D eigenvalue weighted by Crippen LogP contribution is 2.49. The van der Waals surface area contributed by atoms with Crippen molar-refractivity contribution >= 4 is 35.3 Å². The Bertz CT molecular complexity index is 673. The van der Waals surface area contributed by atoms with Gasteiger partial charge in [-0.3, -0.25) is 0 Å².